The zero-order chi connectivity index (χ0) is 12.5. The summed E-state index contributed by atoms with van der Waals surface area (Å²) in [4.78, 5) is 2.47. The van der Waals surface area contributed by atoms with Gasteiger partial charge < -0.3 is 4.90 Å². The molecular weight excluding hydrogens is 242 g/mol. The molecule has 0 aromatic heterocycles. The SMILES string of the molecule is CCCCCCCCCN1C=CC=C(C)C1C.Cl. The fourth-order valence-corrected chi connectivity index (χ4v) is 2.35. The van der Waals surface area contributed by atoms with Crippen molar-refractivity contribution in [2.75, 3.05) is 6.54 Å². The van der Waals surface area contributed by atoms with Crippen molar-refractivity contribution >= 4 is 12.4 Å². The molecule has 0 saturated carbocycles. The minimum absolute atomic E-state index is 0. The Kier molecular flexibility index (Phi) is 10.2. The zero-order valence-corrected chi connectivity index (χ0v) is 13.1. The summed E-state index contributed by atoms with van der Waals surface area (Å²) >= 11 is 0. The topological polar surface area (TPSA) is 3.24 Å². The third-order valence-electron chi connectivity index (χ3n) is 3.81. The molecule has 1 rings (SSSR count). The molecule has 0 radical (unpaired) electrons. The van der Waals surface area contributed by atoms with Crippen molar-refractivity contribution in [2.24, 2.45) is 0 Å². The summed E-state index contributed by atoms with van der Waals surface area (Å²) in [6.45, 7) is 8.03. The highest BCUT2D eigenvalue weighted by molar-refractivity contribution is 5.85. The maximum Gasteiger partial charge on any atom is 0.0468 e. The minimum Gasteiger partial charge on any atom is -0.371 e. The molecule has 0 aromatic rings. The molecule has 18 heavy (non-hydrogen) atoms. The lowest BCUT2D eigenvalue weighted by molar-refractivity contribution is 0.311. The van der Waals surface area contributed by atoms with Crippen LogP contribution in [0.4, 0.5) is 0 Å². The van der Waals surface area contributed by atoms with Gasteiger partial charge in [0, 0.05) is 12.6 Å². The highest BCUT2D eigenvalue weighted by Gasteiger charge is 2.13. The van der Waals surface area contributed by atoms with E-state index in [2.05, 4.69) is 44.0 Å². The van der Waals surface area contributed by atoms with Gasteiger partial charge in [0.05, 0.1) is 0 Å². The van der Waals surface area contributed by atoms with Crippen LogP contribution in [0.1, 0.15) is 65.7 Å². The Hall–Kier alpha value is -0.430. The van der Waals surface area contributed by atoms with Gasteiger partial charge in [-0.1, -0.05) is 57.1 Å². The first-order valence-electron chi connectivity index (χ1n) is 7.36. The predicted molar refractivity (Wildman–Crippen MR) is 84.3 cm³/mol. The van der Waals surface area contributed by atoms with Gasteiger partial charge in [0.2, 0.25) is 0 Å². The Balaban J connectivity index is 0.00000289. The molecule has 1 unspecified atom stereocenters. The van der Waals surface area contributed by atoms with Crippen molar-refractivity contribution in [1.29, 1.82) is 0 Å². The van der Waals surface area contributed by atoms with Crippen molar-refractivity contribution < 1.29 is 0 Å². The number of hydrogen-bond donors (Lipinski definition) is 0. The van der Waals surface area contributed by atoms with Gasteiger partial charge in [-0.25, -0.2) is 0 Å². The number of allylic oxidation sites excluding steroid dienone is 2. The summed E-state index contributed by atoms with van der Waals surface area (Å²) < 4.78 is 0. The molecule has 0 spiro atoms. The van der Waals surface area contributed by atoms with E-state index in [9.17, 15) is 0 Å². The average molecular weight is 272 g/mol. The van der Waals surface area contributed by atoms with Crippen LogP contribution in [0, 0.1) is 0 Å². The molecule has 1 aliphatic heterocycles. The smallest absolute Gasteiger partial charge is 0.0468 e. The Bertz CT molecular complexity index is 258. The summed E-state index contributed by atoms with van der Waals surface area (Å²) in [6, 6.07) is 0.597. The van der Waals surface area contributed by atoms with E-state index in [0.717, 1.165) is 0 Å². The highest BCUT2D eigenvalue weighted by atomic mass is 35.5. The monoisotopic (exact) mass is 271 g/mol. The van der Waals surface area contributed by atoms with Crippen LogP contribution in [0.25, 0.3) is 0 Å². The third kappa shape index (κ3) is 6.49. The first-order valence-corrected chi connectivity index (χ1v) is 7.36. The Morgan fingerprint density at radius 2 is 1.67 bits per heavy atom. The number of unbranched alkanes of at least 4 members (excludes halogenated alkanes) is 6. The second-order valence-corrected chi connectivity index (χ2v) is 5.29. The fourth-order valence-electron chi connectivity index (χ4n) is 2.35. The standard InChI is InChI=1S/C16H29N.ClH/c1-4-5-6-7-8-9-10-13-17-14-11-12-15(2)16(17)3;/h11-12,14,16H,4-10,13H2,1-3H3;1H. The molecule has 0 N–H and O–H groups in total. The summed E-state index contributed by atoms with van der Waals surface area (Å²) in [5, 5.41) is 0. The Morgan fingerprint density at radius 3 is 2.33 bits per heavy atom. The molecule has 0 bridgehead atoms. The van der Waals surface area contributed by atoms with E-state index in [1.165, 1.54) is 57.1 Å². The molecule has 2 heteroatoms. The number of nitrogens with zero attached hydrogens (tertiary/aromatic N) is 1. The first-order chi connectivity index (χ1) is 8.25. The van der Waals surface area contributed by atoms with E-state index in [4.69, 9.17) is 0 Å². The van der Waals surface area contributed by atoms with E-state index < -0.39 is 0 Å². The van der Waals surface area contributed by atoms with Gasteiger partial charge in [0.15, 0.2) is 0 Å². The van der Waals surface area contributed by atoms with Crippen LogP contribution >= 0.6 is 12.4 Å². The lowest BCUT2D eigenvalue weighted by Gasteiger charge is -2.30. The molecule has 0 aromatic carbocycles. The van der Waals surface area contributed by atoms with Crippen molar-refractivity contribution in [3.63, 3.8) is 0 Å². The van der Waals surface area contributed by atoms with Crippen molar-refractivity contribution in [1.82, 2.24) is 4.90 Å². The van der Waals surface area contributed by atoms with Crippen molar-refractivity contribution in [3.8, 4) is 0 Å². The molecule has 0 amide bonds. The van der Waals surface area contributed by atoms with Crippen LogP contribution in [0.15, 0.2) is 23.9 Å². The van der Waals surface area contributed by atoms with Gasteiger partial charge in [0.1, 0.15) is 0 Å². The molecule has 0 saturated heterocycles. The number of rotatable bonds is 8. The van der Waals surface area contributed by atoms with Gasteiger partial charge in [-0.3, -0.25) is 0 Å². The van der Waals surface area contributed by atoms with E-state index in [-0.39, 0.29) is 12.4 Å². The van der Waals surface area contributed by atoms with Gasteiger partial charge in [-0.05, 0) is 32.5 Å². The lowest BCUT2D eigenvalue weighted by atomic mass is 10.1. The van der Waals surface area contributed by atoms with Crippen molar-refractivity contribution in [3.05, 3.63) is 23.9 Å². The van der Waals surface area contributed by atoms with Gasteiger partial charge in [0.25, 0.3) is 0 Å². The second-order valence-electron chi connectivity index (χ2n) is 5.29. The fraction of sp³-hybridized carbons (Fsp3) is 0.750. The van der Waals surface area contributed by atoms with Crippen LogP contribution < -0.4 is 0 Å². The van der Waals surface area contributed by atoms with Gasteiger partial charge in [-0.15, -0.1) is 12.4 Å². The van der Waals surface area contributed by atoms with Crippen LogP contribution in [0.5, 0.6) is 0 Å². The molecule has 0 fully saturated rings. The highest BCUT2D eigenvalue weighted by Crippen LogP contribution is 2.16. The molecule has 1 aliphatic rings. The Labute approximate surface area is 120 Å². The van der Waals surface area contributed by atoms with Crippen LogP contribution in [-0.4, -0.2) is 17.5 Å². The van der Waals surface area contributed by atoms with Gasteiger partial charge >= 0.3 is 0 Å². The molecule has 0 aliphatic carbocycles. The maximum absolute atomic E-state index is 2.47. The number of hydrogen-bond acceptors (Lipinski definition) is 1. The normalized spacial score (nSPS) is 18.5. The molecule has 1 nitrogen and oxygen atoms in total. The van der Waals surface area contributed by atoms with Crippen molar-refractivity contribution in [2.45, 2.75) is 71.8 Å². The van der Waals surface area contributed by atoms with E-state index in [1.807, 2.05) is 0 Å². The summed E-state index contributed by atoms with van der Waals surface area (Å²) in [5.74, 6) is 0. The lowest BCUT2D eigenvalue weighted by Crippen LogP contribution is -2.31. The average Bonchev–Trinajstić information content (AvgIpc) is 2.33. The molecular formula is C16H30ClN. The number of halogens is 1. The largest absolute Gasteiger partial charge is 0.371 e. The van der Waals surface area contributed by atoms with Crippen LogP contribution in [-0.2, 0) is 0 Å². The van der Waals surface area contributed by atoms with E-state index in [0.29, 0.717) is 6.04 Å². The second kappa shape index (κ2) is 10.5. The summed E-state index contributed by atoms with van der Waals surface area (Å²) in [5.41, 5.74) is 1.48. The zero-order valence-electron chi connectivity index (χ0n) is 12.3. The summed E-state index contributed by atoms with van der Waals surface area (Å²) in [7, 11) is 0. The molecule has 1 atom stereocenters. The quantitative estimate of drug-likeness (QED) is 0.540. The summed E-state index contributed by atoms with van der Waals surface area (Å²) in [6.07, 6.45) is 16.4. The third-order valence-corrected chi connectivity index (χ3v) is 3.81. The minimum atomic E-state index is 0. The van der Waals surface area contributed by atoms with Crippen LogP contribution in [0.2, 0.25) is 0 Å². The van der Waals surface area contributed by atoms with Gasteiger partial charge in [-0.2, -0.15) is 0 Å². The maximum atomic E-state index is 2.47. The molecule has 1 heterocycles. The Morgan fingerprint density at radius 1 is 1.06 bits per heavy atom. The van der Waals surface area contributed by atoms with Crippen LogP contribution in [0.3, 0.4) is 0 Å². The van der Waals surface area contributed by atoms with E-state index in [1.54, 1.807) is 0 Å². The first kappa shape index (κ1) is 17.6. The molecule has 106 valence electrons. The predicted octanol–water partition coefficient (Wildman–Crippen LogP) is 5.32. The van der Waals surface area contributed by atoms with E-state index >= 15 is 0 Å².